The Morgan fingerprint density at radius 3 is 2.61 bits per heavy atom. The second-order valence-corrected chi connectivity index (χ2v) is 13.4. The molecule has 3 aromatic rings. The van der Waals surface area contributed by atoms with Crippen molar-refractivity contribution in [1.82, 2.24) is 4.72 Å². The van der Waals surface area contributed by atoms with Crippen LogP contribution in [0, 0.1) is 27.4 Å². The molecular formula is C27H31BN2O7S. The molecule has 3 saturated carbocycles. The summed E-state index contributed by atoms with van der Waals surface area (Å²) in [6, 6.07) is 13.5. The van der Waals surface area contributed by atoms with Crippen LogP contribution in [-0.2, 0) is 31.5 Å². The van der Waals surface area contributed by atoms with Gasteiger partial charge >= 0.3 is 7.12 Å². The molecule has 1 N–H and O–H groups in total. The highest BCUT2D eigenvalue weighted by Gasteiger charge is 2.68. The Morgan fingerprint density at radius 1 is 1.11 bits per heavy atom. The molecule has 11 heteroatoms. The van der Waals surface area contributed by atoms with Crippen LogP contribution in [0.3, 0.4) is 0 Å². The zero-order valence-electron chi connectivity index (χ0n) is 21.6. The summed E-state index contributed by atoms with van der Waals surface area (Å²) in [6.45, 7) is 6.63. The third-order valence-corrected chi connectivity index (χ3v) is 10.5. The van der Waals surface area contributed by atoms with Crippen molar-refractivity contribution in [2.24, 2.45) is 17.3 Å². The number of nitro benzene ring substituents is 1. The number of nitrogens with one attached hydrogen (secondary N) is 1. The zero-order chi connectivity index (χ0) is 26.9. The van der Waals surface area contributed by atoms with Gasteiger partial charge in [-0.15, -0.1) is 0 Å². The van der Waals surface area contributed by atoms with Crippen molar-refractivity contribution < 1.29 is 27.1 Å². The van der Waals surface area contributed by atoms with Crippen LogP contribution < -0.4 is 4.72 Å². The smallest absolute Gasteiger partial charge is 0.464 e. The number of fused-ring (bicyclic) bond motifs is 1. The summed E-state index contributed by atoms with van der Waals surface area (Å²) < 4.78 is 48.5. The van der Waals surface area contributed by atoms with Gasteiger partial charge in [-0.05, 0) is 55.1 Å². The number of rotatable bonds is 8. The van der Waals surface area contributed by atoms with Crippen LogP contribution in [0.4, 0.5) is 5.69 Å². The zero-order valence-corrected chi connectivity index (χ0v) is 22.4. The second-order valence-electron chi connectivity index (χ2n) is 11.7. The first-order valence-corrected chi connectivity index (χ1v) is 14.6. The standard InChI is InChI=1S/C27H31BN2O7S/c1-26(2)19-13-23(26)27(3)24(14-19)36-28(37-27)25(12-18-15-35-22-11-7-5-9-20(18)22)29-38(33,34)16-17-8-4-6-10-21(17)30(31)32/h4-11,15,19,23-25,29H,12-14,16H2,1-3H3/t19-,23-,24+,25-,27-/m0/s1. The minimum absolute atomic E-state index is 0.118. The number of nitro groups is 1. The van der Waals surface area contributed by atoms with E-state index >= 15 is 0 Å². The van der Waals surface area contributed by atoms with Gasteiger partial charge in [-0.25, -0.2) is 13.1 Å². The summed E-state index contributed by atoms with van der Waals surface area (Å²) >= 11 is 0. The molecule has 0 amide bonds. The van der Waals surface area contributed by atoms with E-state index in [1.165, 1.54) is 18.2 Å². The normalized spacial score (nSPS) is 28.6. The van der Waals surface area contributed by atoms with Crippen molar-refractivity contribution in [3.63, 3.8) is 0 Å². The molecule has 38 heavy (non-hydrogen) atoms. The SMILES string of the molecule is CC1(C)[C@@H]2C[C@H]3OB([C@H](Cc4coc5ccccc45)NS(=O)(=O)Cc4ccccc4[N+](=O)[O-])O[C@@]3(C)[C@H]1C2. The van der Waals surface area contributed by atoms with E-state index in [4.69, 9.17) is 13.7 Å². The first-order chi connectivity index (χ1) is 18.0. The van der Waals surface area contributed by atoms with Crippen LogP contribution in [0.15, 0.2) is 59.2 Å². The lowest BCUT2D eigenvalue weighted by Crippen LogP contribution is -2.65. The fourth-order valence-corrected chi connectivity index (χ4v) is 8.37. The van der Waals surface area contributed by atoms with Gasteiger partial charge in [0.2, 0.25) is 10.0 Å². The Labute approximate surface area is 222 Å². The lowest BCUT2D eigenvalue weighted by Gasteiger charge is -2.64. The molecule has 1 aromatic heterocycles. The van der Waals surface area contributed by atoms with Crippen LogP contribution in [0.1, 0.15) is 44.7 Å². The van der Waals surface area contributed by atoms with Crippen molar-refractivity contribution in [3.8, 4) is 0 Å². The predicted molar refractivity (Wildman–Crippen MR) is 143 cm³/mol. The summed E-state index contributed by atoms with van der Waals surface area (Å²) in [5.41, 5.74) is 1.06. The molecule has 5 atom stereocenters. The minimum Gasteiger partial charge on any atom is -0.464 e. The Morgan fingerprint density at radius 2 is 1.84 bits per heavy atom. The fourth-order valence-electron chi connectivity index (χ4n) is 6.98. The number of nitrogens with zero attached hydrogens (tertiary/aromatic N) is 1. The Bertz CT molecular complexity index is 1510. The van der Waals surface area contributed by atoms with E-state index in [1.807, 2.05) is 24.3 Å². The molecule has 4 aliphatic rings. The molecule has 2 heterocycles. The van der Waals surface area contributed by atoms with Crippen molar-refractivity contribution in [2.45, 2.75) is 63.4 Å². The Hall–Kier alpha value is -2.73. The first kappa shape index (κ1) is 25.5. The maximum atomic E-state index is 13.4. The Balaban J connectivity index is 1.31. The molecular weight excluding hydrogens is 507 g/mol. The van der Waals surface area contributed by atoms with Crippen molar-refractivity contribution in [3.05, 3.63) is 76.0 Å². The molecule has 1 saturated heterocycles. The largest absolute Gasteiger partial charge is 0.477 e. The molecule has 9 nitrogen and oxygen atoms in total. The first-order valence-electron chi connectivity index (χ1n) is 13.0. The predicted octanol–water partition coefficient (Wildman–Crippen LogP) is 4.64. The number of furan rings is 1. The average molecular weight is 538 g/mol. The van der Waals surface area contributed by atoms with E-state index in [-0.39, 0.29) is 29.2 Å². The van der Waals surface area contributed by atoms with Crippen LogP contribution in [0.2, 0.25) is 0 Å². The molecule has 7 rings (SSSR count). The van der Waals surface area contributed by atoms with Crippen LogP contribution in [0.5, 0.6) is 0 Å². The van der Waals surface area contributed by atoms with Crippen LogP contribution >= 0.6 is 0 Å². The van der Waals surface area contributed by atoms with E-state index < -0.39 is 39.4 Å². The van der Waals surface area contributed by atoms with Gasteiger partial charge in [-0.2, -0.15) is 0 Å². The lowest BCUT2D eigenvalue weighted by molar-refractivity contribution is -0.385. The third-order valence-electron chi connectivity index (χ3n) is 9.16. The third kappa shape index (κ3) is 4.16. The maximum Gasteiger partial charge on any atom is 0.477 e. The summed E-state index contributed by atoms with van der Waals surface area (Å²) in [5, 5.41) is 12.4. The molecule has 4 fully saturated rings. The van der Waals surface area contributed by atoms with Gasteiger partial charge in [0.05, 0.1) is 34.6 Å². The van der Waals surface area contributed by atoms with Gasteiger partial charge in [0.15, 0.2) is 0 Å². The summed E-state index contributed by atoms with van der Waals surface area (Å²) in [7, 11) is -4.82. The van der Waals surface area contributed by atoms with E-state index in [0.29, 0.717) is 17.4 Å². The highest BCUT2D eigenvalue weighted by molar-refractivity contribution is 7.88. The van der Waals surface area contributed by atoms with Crippen molar-refractivity contribution >= 4 is 33.8 Å². The summed E-state index contributed by atoms with van der Waals surface area (Å²) in [6.07, 6.45) is 3.75. The average Bonchev–Trinajstić information content (AvgIpc) is 3.43. The minimum atomic E-state index is -4.01. The number of hydrogen-bond acceptors (Lipinski definition) is 7. The summed E-state index contributed by atoms with van der Waals surface area (Å²) in [4.78, 5) is 10.9. The van der Waals surface area contributed by atoms with Crippen molar-refractivity contribution in [2.75, 3.05) is 0 Å². The van der Waals surface area contributed by atoms with Gasteiger partial charge in [-0.1, -0.05) is 50.2 Å². The topological polar surface area (TPSA) is 121 Å². The van der Waals surface area contributed by atoms with E-state index in [1.54, 1.807) is 12.3 Å². The number of benzene rings is 2. The van der Waals surface area contributed by atoms with Gasteiger partial charge in [-0.3, -0.25) is 10.1 Å². The second kappa shape index (κ2) is 8.91. The molecule has 3 aliphatic carbocycles. The van der Waals surface area contributed by atoms with Gasteiger partial charge < -0.3 is 13.7 Å². The molecule has 2 aromatic carbocycles. The molecule has 0 spiro atoms. The van der Waals surface area contributed by atoms with E-state index in [2.05, 4.69) is 25.5 Å². The molecule has 200 valence electrons. The van der Waals surface area contributed by atoms with Crippen LogP contribution in [-0.4, -0.2) is 38.1 Å². The number of sulfonamides is 1. The highest BCUT2D eigenvalue weighted by atomic mass is 32.2. The van der Waals surface area contributed by atoms with Gasteiger partial charge in [0, 0.05) is 17.0 Å². The molecule has 0 unspecified atom stereocenters. The van der Waals surface area contributed by atoms with E-state index in [0.717, 1.165) is 23.8 Å². The monoisotopic (exact) mass is 538 g/mol. The molecule has 2 bridgehead atoms. The van der Waals surface area contributed by atoms with Gasteiger partial charge in [0.1, 0.15) is 5.58 Å². The Kier molecular flexibility index (Phi) is 5.99. The lowest BCUT2D eigenvalue weighted by atomic mass is 9.43. The maximum absolute atomic E-state index is 13.4. The van der Waals surface area contributed by atoms with E-state index in [9.17, 15) is 18.5 Å². The fraction of sp³-hybridized carbons (Fsp3) is 0.481. The molecule has 0 radical (unpaired) electrons. The molecule has 1 aliphatic heterocycles. The van der Waals surface area contributed by atoms with Gasteiger partial charge in [0.25, 0.3) is 5.69 Å². The number of para-hydroxylation sites is 2. The quantitative estimate of drug-likeness (QED) is 0.252. The van der Waals surface area contributed by atoms with Crippen molar-refractivity contribution in [1.29, 1.82) is 0 Å². The van der Waals surface area contributed by atoms with Crippen LogP contribution in [0.25, 0.3) is 11.0 Å². The highest BCUT2D eigenvalue weighted by Crippen LogP contribution is 2.65. The number of hydrogen-bond donors (Lipinski definition) is 1. The summed E-state index contributed by atoms with van der Waals surface area (Å²) in [5.74, 6) is -0.411.